The fourth-order valence-electron chi connectivity index (χ4n) is 3.64. The number of ether oxygens (including phenoxy) is 1. The fourth-order valence-corrected chi connectivity index (χ4v) is 3.64. The van der Waals surface area contributed by atoms with E-state index in [1.54, 1.807) is 26.0 Å². The Kier molecular flexibility index (Phi) is 5.38. The number of aromatic nitrogens is 3. The van der Waals surface area contributed by atoms with Crippen LogP contribution in [0.1, 0.15) is 25.1 Å². The van der Waals surface area contributed by atoms with Crippen molar-refractivity contribution in [2.75, 3.05) is 5.73 Å². The molecule has 0 atom stereocenters. The minimum absolute atomic E-state index is 0.208. The number of carboxylic acid groups (broad SMARTS) is 1. The summed E-state index contributed by atoms with van der Waals surface area (Å²) in [7, 11) is 0. The average molecular weight is 430 g/mol. The number of hydrogen-bond donors (Lipinski definition) is 3. The molecule has 8 heteroatoms. The summed E-state index contributed by atoms with van der Waals surface area (Å²) < 4.78 is 7.37. The van der Waals surface area contributed by atoms with Crippen molar-refractivity contribution in [2.45, 2.75) is 19.4 Å². The first-order valence-electron chi connectivity index (χ1n) is 9.88. The summed E-state index contributed by atoms with van der Waals surface area (Å²) in [6.45, 7) is 3.21. The lowest BCUT2D eigenvalue weighted by Gasteiger charge is -2.18. The molecule has 32 heavy (non-hydrogen) atoms. The minimum Gasteiger partial charge on any atom is -0.478 e. The molecule has 2 aromatic carbocycles. The van der Waals surface area contributed by atoms with Crippen LogP contribution in [0.15, 0.2) is 67.0 Å². The van der Waals surface area contributed by atoms with Gasteiger partial charge in [-0.2, -0.15) is 5.10 Å². The Morgan fingerprint density at radius 2 is 1.75 bits per heavy atom. The first-order valence-corrected chi connectivity index (χ1v) is 9.88. The van der Waals surface area contributed by atoms with Gasteiger partial charge in [0.2, 0.25) is 0 Å². The molecule has 0 fully saturated rings. The number of nitrogens with zero attached hydrogens (tertiary/aromatic N) is 3. The van der Waals surface area contributed by atoms with Gasteiger partial charge in [0.1, 0.15) is 28.9 Å². The molecule has 4 aromatic rings. The number of nitrogen functional groups attached to an aromatic ring is 1. The van der Waals surface area contributed by atoms with Crippen molar-refractivity contribution in [1.29, 1.82) is 0 Å². The van der Waals surface area contributed by atoms with Crippen LogP contribution in [-0.4, -0.2) is 30.8 Å². The largest absolute Gasteiger partial charge is 0.478 e. The number of anilines is 1. The number of carbonyl (C=O) groups is 1. The van der Waals surface area contributed by atoms with Crippen LogP contribution in [0.25, 0.3) is 22.7 Å². The van der Waals surface area contributed by atoms with Gasteiger partial charge in [0.15, 0.2) is 5.82 Å². The van der Waals surface area contributed by atoms with Crippen LogP contribution >= 0.6 is 0 Å². The normalized spacial score (nSPS) is 11.8. The molecule has 2 aromatic heterocycles. The van der Waals surface area contributed by atoms with Crippen molar-refractivity contribution in [3.8, 4) is 22.6 Å². The number of aliphatic carboxylic acids is 1. The van der Waals surface area contributed by atoms with Gasteiger partial charge in [0.05, 0.1) is 5.69 Å². The Morgan fingerprint density at radius 1 is 1.09 bits per heavy atom. The van der Waals surface area contributed by atoms with Crippen molar-refractivity contribution in [3.05, 3.63) is 78.3 Å². The molecule has 0 saturated heterocycles. The monoisotopic (exact) mass is 430 g/mol. The summed E-state index contributed by atoms with van der Waals surface area (Å²) >= 11 is 0. The van der Waals surface area contributed by atoms with E-state index >= 15 is 0 Å². The maximum Gasteiger partial charge on any atom is 0.328 e. The second-order valence-electron chi connectivity index (χ2n) is 7.71. The highest BCUT2D eigenvalue weighted by Crippen LogP contribution is 2.40. The van der Waals surface area contributed by atoms with Crippen molar-refractivity contribution in [2.24, 2.45) is 0 Å². The molecule has 0 spiro atoms. The van der Waals surface area contributed by atoms with Gasteiger partial charge in [-0.25, -0.2) is 14.3 Å². The van der Waals surface area contributed by atoms with E-state index in [1.807, 2.05) is 42.5 Å². The molecule has 4 rings (SSSR count). The highest BCUT2D eigenvalue weighted by molar-refractivity contribution is 5.97. The second kappa shape index (κ2) is 8.16. The van der Waals surface area contributed by atoms with E-state index in [1.165, 1.54) is 16.9 Å². The summed E-state index contributed by atoms with van der Waals surface area (Å²) in [6.07, 6.45) is 3.75. The lowest BCUT2D eigenvalue weighted by atomic mass is 9.95. The highest BCUT2D eigenvalue weighted by atomic mass is 16.5. The van der Waals surface area contributed by atoms with Gasteiger partial charge in [-0.3, -0.25) is 0 Å². The first kappa shape index (κ1) is 21.1. The zero-order valence-corrected chi connectivity index (χ0v) is 17.6. The van der Waals surface area contributed by atoms with Crippen molar-refractivity contribution < 1.29 is 19.7 Å². The molecule has 162 valence electrons. The average Bonchev–Trinajstić information content (AvgIpc) is 3.09. The third-order valence-electron chi connectivity index (χ3n) is 4.89. The Morgan fingerprint density at radius 3 is 2.38 bits per heavy atom. The molecular weight excluding hydrogens is 408 g/mol. The molecule has 0 aliphatic rings. The molecule has 8 nitrogen and oxygen atoms in total. The molecule has 0 unspecified atom stereocenters. The predicted molar refractivity (Wildman–Crippen MR) is 121 cm³/mol. The molecule has 0 aliphatic heterocycles. The second-order valence-corrected chi connectivity index (χ2v) is 7.71. The quantitative estimate of drug-likeness (QED) is 0.394. The lowest BCUT2D eigenvalue weighted by molar-refractivity contribution is -0.131. The molecule has 0 saturated carbocycles. The molecule has 0 aliphatic carbocycles. The number of benzene rings is 2. The zero-order chi connectivity index (χ0) is 22.9. The molecular formula is C24H22N4O4. The number of hydrogen-bond acceptors (Lipinski definition) is 6. The fraction of sp³-hybridized carbons (Fsp3) is 0.125. The minimum atomic E-state index is -1.34. The standard InChI is InChI=1S/C24H22N4O4/c1-24(2,31)22-18(12-13-19(29)30)20(21-23(25)26-14-27-28(21)22)15-8-10-17(11-9-15)32-16-6-4-3-5-7-16/h3-14,31H,1-2H3,(H,29,30)(H2,25,26,27). The SMILES string of the molecule is CC(C)(O)c1c(C=CC(=O)O)c(-c2ccc(Oc3ccccc3)cc2)c2c(N)ncnn12. The summed E-state index contributed by atoms with van der Waals surface area (Å²) in [4.78, 5) is 15.4. The summed E-state index contributed by atoms with van der Waals surface area (Å²) in [5, 5.41) is 24.4. The summed E-state index contributed by atoms with van der Waals surface area (Å²) in [5.41, 5.74) is 7.58. The van der Waals surface area contributed by atoms with Gasteiger partial charge in [0, 0.05) is 17.2 Å². The molecule has 4 N–H and O–H groups in total. The van der Waals surface area contributed by atoms with Gasteiger partial charge < -0.3 is 20.7 Å². The van der Waals surface area contributed by atoms with Crippen LogP contribution in [-0.2, 0) is 10.4 Å². The molecule has 2 heterocycles. The van der Waals surface area contributed by atoms with E-state index in [0.717, 1.165) is 11.6 Å². The van der Waals surface area contributed by atoms with Crippen LogP contribution in [0.3, 0.4) is 0 Å². The van der Waals surface area contributed by atoms with Crippen LogP contribution < -0.4 is 10.5 Å². The number of para-hydroxylation sites is 1. The topological polar surface area (TPSA) is 123 Å². The number of rotatable bonds is 6. The van der Waals surface area contributed by atoms with E-state index in [9.17, 15) is 15.0 Å². The predicted octanol–water partition coefficient (Wildman–Crippen LogP) is 4.10. The molecule has 0 bridgehead atoms. The van der Waals surface area contributed by atoms with E-state index in [4.69, 9.17) is 10.5 Å². The maximum atomic E-state index is 11.3. The van der Waals surface area contributed by atoms with Gasteiger partial charge in [0.25, 0.3) is 0 Å². The Labute approximate surface area is 184 Å². The van der Waals surface area contributed by atoms with Crippen LogP contribution in [0.4, 0.5) is 5.82 Å². The van der Waals surface area contributed by atoms with Gasteiger partial charge in [-0.05, 0) is 49.8 Å². The van der Waals surface area contributed by atoms with E-state index in [2.05, 4.69) is 10.1 Å². The smallest absolute Gasteiger partial charge is 0.328 e. The third kappa shape index (κ3) is 4.03. The van der Waals surface area contributed by atoms with Crippen molar-refractivity contribution >= 4 is 23.4 Å². The lowest BCUT2D eigenvalue weighted by Crippen LogP contribution is -2.20. The van der Waals surface area contributed by atoms with E-state index in [0.29, 0.717) is 33.8 Å². The van der Waals surface area contributed by atoms with Gasteiger partial charge in [-0.15, -0.1) is 0 Å². The van der Waals surface area contributed by atoms with E-state index < -0.39 is 11.6 Å². The third-order valence-corrected chi connectivity index (χ3v) is 4.89. The number of aliphatic hydroxyl groups is 1. The van der Waals surface area contributed by atoms with Gasteiger partial charge in [-0.1, -0.05) is 30.3 Å². The zero-order valence-electron chi connectivity index (χ0n) is 17.6. The highest BCUT2D eigenvalue weighted by Gasteiger charge is 2.30. The Balaban J connectivity index is 1.91. The van der Waals surface area contributed by atoms with Crippen LogP contribution in [0.5, 0.6) is 11.5 Å². The number of carboxylic acids is 1. The van der Waals surface area contributed by atoms with Gasteiger partial charge >= 0.3 is 5.97 Å². The van der Waals surface area contributed by atoms with Crippen LogP contribution in [0.2, 0.25) is 0 Å². The number of fused-ring (bicyclic) bond motifs is 1. The van der Waals surface area contributed by atoms with Crippen LogP contribution in [0, 0.1) is 0 Å². The summed E-state index contributed by atoms with van der Waals surface area (Å²) in [5.74, 6) is 0.443. The molecule has 0 radical (unpaired) electrons. The Hall–Kier alpha value is -4.17. The van der Waals surface area contributed by atoms with E-state index in [-0.39, 0.29) is 5.82 Å². The first-order chi connectivity index (χ1) is 15.3. The molecule has 0 amide bonds. The van der Waals surface area contributed by atoms with Crippen molar-refractivity contribution in [3.63, 3.8) is 0 Å². The van der Waals surface area contributed by atoms with Crippen molar-refractivity contribution in [1.82, 2.24) is 14.6 Å². The Bertz CT molecular complexity index is 1300. The summed E-state index contributed by atoms with van der Waals surface area (Å²) in [6, 6.07) is 16.7. The number of nitrogens with two attached hydrogens (primary N) is 1. The maximum absolute atomic E-state index is 11.3.